The molecular weight excluding hydrogens is 370 g/mol. The van der Waals surface area contributed by atoms with Crippen molar-refractivity contribution in [3.8, 4) is 5.75 Å². The molecule has 0 saturated heterocycles. The van der Waals surface area contributed by atoms with Crippen LogP contribution in [0.4, 0.5) is 0 Å². The molecule has 0 aliphatic heterocycles. The molecule has 0 bridgehead atoms. The van der Waals surface area contributed by atoms with Gasteiger partial charge < -0.3 is 14.6 Å². The summed E-state index contributed by atoms with van der Waals surface area (Å²) >= 11 is 0. The van der Waals surface area contributed by atoms with Crippen molar-refractivity contribution in [2.75, 3.05) is 13.7 Å². The zero-order chi connectivity index (χ0) is 20.2. The highest BCUT2D eigenvalue weighted by atomic mass is 16.5. The van der Waals surface area contributed by atoms with Crippen LogP contribution in [0.15, 0.2) is 60.0 Å². The number of nitrogens with one attached hydrogen (secondary N) is 1. The van der Waals surface area contributed by atoms with Gasteiger partial charge in [-0.1, -0.05) is 0 Å². The topological polar surface area (TPSA) is 90.5 Å². The van der Waals surface area contributed by atoms with E-state index in [1.165, 1.54) is 4.40 Å². The summed E-state index contributed by atoms with van der Waals surface area (Å²) in [5, 5.41) is 3.38. The number of nitrogens with zero attached hydrogens (tertiary/aromatic N) is 4. The Hall–Kier alpha value is -3.68. The van der Waals surface area contributed by atoms with E-state index in [1.807, 2.05) is 10.8 Å². The second-order valence-electron chi connectivity index (χ2n) is 6.71. The van der Waals surface area contributed by atoms with Gasteiger partial charge in [0, 0.05) is 37.2 Å². The van der Waals surface area contributed by atoms with E-state index in [1.54, 1.807) is 56.2 Å². The molecule has 8 heteroatoms. The number of carbonyl (C=O) groups is 1. The SMILES string of the molecule is COc1ccc2nc3cc(C(=O)NCCCCn4ccnc4)ccn3c(=O)c2c1. The van der Waals surface area contributed by atoms with Gasteiger partial charge in [-0.2, -0.15) is 0 Å². The van der Waals surface area contributed by atoms with E-state index in [2.05, 4.69) is 15.3 Å². The van der Waals surface area contributed by atoms with Crippen molar-refractivity contribution in [1.82, 2.24) is 24.3 Å². The van der Waals surface area contributed by atoms with Gasteiger partial charge in [-0.15, -0.1) is 0 Å². The van der Waals surface area contributed by atoms with Gasteiger partial charge in [0.05, 0.1) is 24.3 Å². The van der Waals surface area contributed by atoms with Gasteiger partial charge in [-0.3, -0.25) is 14.0 Å². The Morgan fingerprint density at radius 2 is 2.07 bits per heavy atom. The number of carbonyl (C=O) groups excluding carboxylic acids is 1. The number of hydrogen-bond acceptors (Lipinski definition) is 5. The summed E-state index contributed by atoms with van der Waals surface area (Å²) < 4.78 is 8.63. The van der Waals surface area contributed by atoms with E-state index >= 15 is 0 Å². The van der Waals surface area contributed by atoms with E-state index in [0.717, 1.165) is 19.4 Å². The van der Waals surface area contributed by atoms with Crippen molar-refractivity contribution in [2.45, 2.75) is 19.4 Å². The number of methoxy groups -OCH3 is 1. The van der Waals surface area contributed by atoms with Crippen molar-refractivity contribution in [3.05, 3.63) is 71.2 Å². The van der Waals surface area contributed by atoms with Crippen LogP contribution in [0.1, 0.15) is 23.2 Å². The molecule has 1 aromatic carbocycles. The molecule has 0 radical (unpaired) electrons. The number of rotatable bonds is 7. The number of pyridine rings is 1. The fraction of sp³-hybridized carbons (Fsp3) is 0.238. The van der Waals surface area contributed by atoms with Crippen molar-refractivity contribution in [2.24, 2.45) is 0 Å². The second kappa shape index (κ2) is 8.14. The first kappa shape index (κ1) is 18.7. The van der Waals surface area contributed by atoms with Crippen LogP contribution in [-0.4, -0.2) is 38.5 Å². The first-order valence-electron chi connectivity index (χ1n) is 9.40. The Bertz CT molecular complexity index is 1210. The predicted octanol–water partition coefficient (Wildman–Crippen LogP) is 2.26. The van der Waals surface area contributed by atoms with Crippen LogP contribution in [0, 0.1) is 0 Å². The largest absolute Gasteiger partial charge is 0.497 e. The summed E-state index contributed by atoms with van der Waals surface area (Å²) in [4.78, 5) is 33.7. The van der Waals surface area contributed by atoms with Crippen molar-refractivity contribution in [3.63, 3.8) is 0 Å². The number of unbranched alkanes of at least 4 members (excludes halogenated alkanes) is 1. The highest BCUT2D eigenvalue weighted by Gasteiger charge is 2.10. The molecule has 0 aliphatic rings. The van der Waals surface area contributed by atoms with Gasteiger partial charge in [0.25, 0.3) is 11.5 Å². The molecule has 3 aromatic heterocycles. The van der Waals surface area contributed by atoms with Crippen LogP contribution in [0.25, 0.3) is 16.6 Å². The van der Waals surface area contributed by atoms with Crippen molar-refractivity contribution in [1.29, 1.82) is 0 Å². The first-order valence-corrected chi connectivity index (χ1v) is 9.40. The lowest BCUT2D eigenvalue weighted by molar-refractivity contribution is 0.0953. The summed E-state index contributed by atoms with van der Waals surface area (Å²) in [6.07, 6.45) is 8.84. The lowest BCUT2D eigenvalue weighted by Gasteiger charge is -2.08. The number of aryl methyl sites for hydroxylation is 1. The molecule has 0 saturated carbocycles. The van der Waals surface area contributed by atoms with Gasteiger partial charge in [0.1, 0.15) is 11.4 Å². The number of benzene rings is 1. The lowest BCUT2D eigenvalue weighted by atomic mass is 10.2. The number of amides is 1. The van der Waals surface area contributed by atoms with Gasteiger partial charge in [0.15, 0.2) is 0 Å². The van der Waals surface area contributed by atoms with Crippen molar-refractivity contribution >= 4 is 22.5 Å². The van der Waals surface area contributed by atoms with Crippen LogP contribution in [-0.2, 0) is 6.54 Å². The van der Waals surface area contributed by atoms with Gasteiger partial charge in [-0.25, -0.2) is 9.97 Å². The molecule has 4 aromatic rings. The Kier molecular flexibility index (Phi) is 5.24. The number of hydrogen-bond donors (Lipinski definition) is 1. The fourth-order valence-electron chi connectivity index (χ4n) is 3.19. The molecule has 29 heavy (non-hydrogen) atoms. The summed E-state index contributed by atoms with van der Waals surface area (Å²) in [6, 6.07) is 8.42. The molecule has 0 fully saturated rings. The van der Waals surface area contributed by atoms with Crippen LogP contribution in [0.2, 0.25) is 0 Å². The Labute approximate surface area is 166 Å². The molecule has 8 nitrogen and oxygen atoms in total. The van der Waals surface area contributed by atoms with Crippen LogP contribution in [0.5, 0.6) is 5.75 Å². The zero-order valence-corrected chi connectivity index (χ0v) is 16.0. The quantitative estimate of drug-likeness (QED) is 0.385. The molecule has 3 heterocycles. The van der Waals surface area contributed by atoms with E-state index in [-0.39, 0.29) is 11.5 Å². The third-order valence-corrected chi connectivity index (χ3v) is 4.77. The Morgan fingerprint density at radius 3 is 2.86 bits per heavy atom. The first-order chi connectivity index (χ1) is 14.2. The monoisotopic (exact) mass is 391 g/mol. The smallest absolute Gasteiger partial charge is 0.265 e. The van der Waals surface area contributed by atoms with Crippen molar-refractivity contribution < 1.29 is 9.53 Å². The maximum Gasteiger partial charge on any atom is 0.265 e. The van der Waals surface area contributed by atoms with Gasteiger partial charge >= 0.3 is 0 Å². The van der Waals surface area contributed by atoms with E-state index < -0.39 is 0 Å². The number of ether oxygens (including phenoxy) is 1. The Balaban J connectivity index is 1.47. The maximum atomic E-state index is 12.7. The van der Waals surface area contributed by atoms with Crippen LogP contribution < -0.4 is 15.6 Å². The predicted molar refractivity (Wildman–Crippen MR) is 109 cm³/mol. The molecule has 1 N–H and O–H groups in total. The molecule has 0 spiro atoms. The summed E-state index contributed by atoms with van der Waals surface area (Å²) in [6.45, 7) is 1.45. The average molecular weight is 391 g/mol. The van der Waals surface area contributed by atoms with Crippen LogP contribution in [0.3, 0.4) is 0 Å². The van der Waals surface area contributed by atoms with Gasteiger partial charge in [0.2, 0.25) is 0 Å². The molecule has 0 unspecified atom stereocenters. The summed E-state index contributed by atoms with van der Waals surface area (Å²) in [5.74, 6) is 0.416. The normalized spacial score (nSPS) is 11.1. The minimum Gasteiger partial charge on any atom is -0.497 e. The number of imidazole rings is 1. The molecule has 0 aliphatic carbocycles. The second-order valence-corrected chi connectivity index (χ2v) is 6.71. The van der Waals surface area contributed by atoms with Crippen LogP contribution >= 0.6 is 0 Å². The molecule has 4 rings (SSSR count). The number of fused-ring (bicyclic) bond motifs is 2. The minimum atomic E-state index is -0.199. The van der Waals surface area contributed by atoms with Gasteiger partial charge in [-0.05, 0) is 43.2 Å². The third-order valence-electron chi connectivity index (χ3n) is 4.77. The zero-order valence-electron chi connectivity index (χ0n) is 16.0. The highest BCUT2D eigenvalue weighted by Crippen LogP contribution is 2.17. The number of aromatic nitrogens is 4. The summed E-state index contributed by atoms with van der Waals surface area (Å²) in [7, 11) is 1.55. The molecule has 1 amide bonds. The average Bonchev–Trinajstić information content (AvgIpc) is 3.26. The highest BCUT2D eigenvalue weighted by molar-refractivity contribution is 5.95. The van der Waals surface area contributed by atoms with E-state index in [0.29, 0.717) is 34.4 Å². The van der Waals surface area contributed by atoms with E-state index in [9.17, 15) is 9.59 Å². The Morgan fingerprint density at radius 1 is 1.17 bits per heavy atom. The molecule has 0 atom stereocenters. The fourth-order valence-corrected chi connectivity index (χ4v) is 3.19. The standard InChI is InChI=1S/C21H21N5O3/c1-29-16-4-5-18-17(13-16)21(28)26-10-6-15(12-19(26)24-18)20(27)23-7-2-3-9-25-11-8-22-14-25/h4-6,8,10-14H,2-3,7,9H2,1H3,(H,23,27). The lowest BCUT2D eigenvalue weighted by Crippen LogP contribution is -2.25. The molecule has 148 valence electrons. The minimum absolute atomic E-state index is 0.181. The maximum absolute atomic E-state index is 12.7. The van der Waals surface area contributed by atoms with E-state index in [4.69, 9.17) is 4.74 Å². The molecular formula is C21H21N5O3. The third kappa shape index (κ3) is 3.96. The summed E-state index contributed by atoms with van der Waals surface area (Å²) in [5.41, 5.74) is 1.27.